The number of imidazole rings is 1. The van der Waals surface area contributed by atoms with E-state index < -0.39 is 5.60 Å². The Balaban J connectivity index is 1.88. The second kappa shape index (κ2) is 5.75. The van der Waals surface area contributed by atoms with Crippen LogP contribution in [0.1, 0.15) is 38.8 Å². The van der Waals surface area contributed by atoms with E-state index in [1.165, 1.54) is 0 Å². The Bertz CT molecular complexity index is 527. The van der Waals surface area contributed by atoms with Gasteiger partial charge in [0.1, 0.15) is 5.60 Å². The fourth-order valence-electron chi connectivity index (χ4n) is 2.23. The average Bonchev–Trinajstić information content (AvgIpc) is 2.69. The van der Waals surface area contributed by atoms with E-state index in [4.69, 9.17) is 10.5 Å². The molecule has 0 aromatic carbocycles. The van der Waals surface area contributed by atoms with E-state index in [0.29, 0.717) is 19.6 Å². The van der Waals surface area contributed by atoms with Crippen LogP contribution in [0.25, 0.3) is 0 Å². The van der Waals surface area contributed by atoms with Gasteiger partial charge >= 0.3 is 6.09 Å². The first kappa shape index (κ1) is 15.3. The predicted octanol–water partition coefficient (Wildman–Crippen LogP) is 1.09. The second-order valence-electron chi connectivity index (χ2n) is 6.31. The van der Waals surface area contributed by atoms with Gasteiger partial charge < -0.3 is 19.9 Å². The van der Waals surface area contributed by atoms with Crippen molar-refractivity contribution in [3.05, 3.63) is 18.2 Å². The standard InChI is InChI=1S/C14H22N4O3/c1-14(2,3)21-13(20)18-7-10(8-18)11-6-16-9-17(11)5-4-12(15)19/h6,9-10H,4-5,7-8H2,1-3H3,(H2,15,19). The van der Waals surface area contributed by atoms with Crippen molar-refractivity contribution in [1.82, 2.24) is 14.5 Å². The number of aromatic nitrogens is 2. The second-order valence-corrected chi connectivity index (χ2v) is 6.31. The number of rotatable bonds is 4. The number of ether oxygens (including phenoxy) is 1. The fourth-order valence-corrected chi connectivity index (χ4v) is 2.23. The van der Waals surface area contributed by atoms with Crippen LogP contribution >= 0.6 is 0 Å². The molecule has 2 heterocycles. The van der Waals surface area contributed by atoms with Gasteiger partial charge in [-0.3, -0.25) is 4.79 Å². The molecule has 0 unspecified atom stereocenters. The molecular weight excluding hydrogens is 272 g/mol. The zero-order chi connectivity index (χ0) is 15.6. The Labute approximate surface area is 124 Å². The first-order chi connectivity index (χ1) is 9.76. The number of aryl methyl sites for hydroxylation is 1. The molecule has 7 nitrogen and oxygen atoms in total. The molecule has 2 amide bonds. The molecule has 0 atom stereocenters. The average molecular weight is 294 g/mol. The third-order valence-corrected chi connectivity index (χ3v) is 3.30. The van der Waals surface area contributed by atoms with Crippen molar-refractivity contribution in [2.75, 3.05) is 13.1 Å². The number of hydrogen-bond donors (Lipinski definition) is 1. The Hall–Kier alpha value is -2.05. The van der Waals surface area contributed by atoms with E-state index >= 15 is 0 Å². The van der Waals surface area contributed by atoms with Gasteiger partial charge in [0.15, 0.2) is 0 Å². The van der Waals surface area contributed by atoms with Crippen LogP contribution in [-0.2, 0) is 16.1 Å². The predicted molar refractivity (Wildman–Crippen MR) is 76.6 cm³/mol. The van der Waals surface area contributed by atoms with Crippen molar-refractivity contribution in [2.45, 2.75) is 45.3 Å². The minimum Gasteiger partial charge on any atom is -0.444 e. The van der Waals surface area contributed by atoms with E-state index in [0.717, 1.165) is 5.69 Å². The highest BCUT2D eigenvalue weighted by Crippen LogP contribution is 2.28. The number of nitrogens with zero attached hydrogens (tertiary/aromatic N) is 3. The largest absolute Gasteiger partial charge is 0.444 e. The Morgan fingerprint density at radius 3 is 2.67 bits per heavy atom. The van der Waals surface area contributed by atoms with Crippen LogP contribution in [0, 0.1) is 0 Å². The SMILES string of the molecule is CC(C)(C)OC(=O)N1CC(c2cncn2CCC(N)=O)C1. The van der Waals surface area contributed by atoms with E-state index in [1.54, 1.807) is 17.4 Å². The summed E-state index contributed by atoms with van der Waals surface area (Å²) in [7, 11) is 0. The molecule has 21 heavy (non-hydrogen) atoms. The third kappa shape index (κ3) is 3.96. The molecule has 1 saturated heterocycles. The highest BCUT2D eigenvalue weighted by atomic mass is 16.6. The topological polar surface area (TPSA) is 90.4 Å². The van der Waals surface area contributed by atoms with E-state index in [2.05, 4.69) is 4.98 Å². The van der Waals surface area contributed by atoms with Crippen molar-refractivity contribution >= 4 is 12.0 Å². The lowest BCUT2D eigenvalue weighted by Gasteiger charge is -2.39. The van der Waals surface area contributed by atoms with Gasteiger partial charge in [-0.15, -0.1) is 0 Å². The monoisotopic (exact) mass is 294 g/mol. The highest BCUT2D eigenvalue weighted by Gasteiger charge is 2.36. The van der Waals surface area contributed by atoms with Crippen LogP contribution in [0.2, 0.25) is 0 Å². The third-order valence-electron chi connectivity index (χ3n) is 3.30. The molecule has 0 radical (unpaired) electrons. The van der Waals surface area contributed by atoms with Gasteiger partial charge in [-0.2, -0.15) is 0 Å². The normalized spacial score (nSPS) is 15.7. The summed E-state index contributed by atoms with van der Waals surface area (Å²) in [6.45, 7) is 7.28. The first-order valence-corrected chi connectivity index (χ1v) is 7.02. The molecule has 0 aliphatic carbocycles. The van der Waals surface area contributed by atoms with Crippen molar-refractivity contribution in [1.29, 1.82) is 0 Å². The van der Waals surface area contributed by atoms with Gasteiger partial charge in [-0.05, 0) is 20.8 Å². The van der Waals surface area contributed by atoms with Gasteiger partial charge in [0.2, 0.25) is 5.91 Å². The van der Waals surface area contributed by atoms with Crippen molar-refractivity contribution in [2.24, 2.45) is 5.73 Å². The summed E-state index contributed by atoms with van der Waals surface area (Å²) in [4.78, 5) is 28.5. The van der Waals surface area contributed by atoms with Crippen molar-refractivity contribution in [3.8, 4) is 0 Å². The summed E-state index contributed by atoms with van der Waals surface area (Å²) in [6, 6.07) is 0. The van der Waals surface area contributed by atoms with E-state index in [-0.39, 0.29) is 24.3 Å². The number of amides is 2. The summed E-state index contributed by atoms with van der Waals surface area (Å²) in [5.74, 6) is -0.105. The number of hydrogen-bond acceptors (Lipinski definition) is 4. The number of primary amides is 1. The lowest BCUT2D eigenvalue weighted by atomic mass is 9.97. The summed E-state index contributed by atoms with van der Waals surface area (Å²) < 4.78 is 7.24. The van der Waals surface area contributed by atoms with Gasteiger partial charge in [0, 0.05) is 43.9 Å². The minimum absolute atomic E-state index is 0.230. The van der Waals surface area contributed by atoms with Gasteiger partial charge in [0.05, 0.1) is 6.33 Å². The molecule has 0 spiro atoms. The van der Waals surface area contributed by atoms with Crippen LogP contribution in [0.3, 0.4) is 0 Å². The molecule has 1 aromatic rings. The van der Waals surface area contributed by atoms with Crippen molar-refractivity contribution in [3.63, 3.8) is 0 Å². The molecule has 0 saturated carbocycles. The maximum absolute atomic E-state index is 11.9. The maximum Gasteiger partial charge on any atom is 0.410 e. The summed E-state index contributed by atoms with van der Waals surface area (Å²) in [5.41, 5.74) is 5.70. The van der Waals surface area contributed by atoms with E-state index in [9.17, 15) is 9.59 Å². The van der Waals surface area contributed by atoms with Crippen LogP contribution < -0.4 is 5.73 Å². The highest BCUT2D eigenvalue weighted by molar-refractivity contribution is 5.73. The van der Waals surface area contributed by atoms with Crippen LogP contribution in [0.15, 0.2) is 12.5 Å². The van der Waals surface area contributed by atoms with Crippen LogP contribution in [0.4, 0.5) is 4.79 Å². The van der Waals surface area contributed by atoms with Crippen molar-refractivity contribution < 1.29 is 14.3 Å². The Kier molecular flexibility index (Phi) is 4.20. The lowest BCUT2D eigenvalue weighted by Crippen LogP contribution is -2.50. The quantitative estimate of drug-likeness (QED) is 0.900. The van der Waals surface area contributed by atoms with Gasteiger partial charge in [-0.25, -0.2) is 9.78 Å². The number of nitrogens with two attached hydrogens (primary N) is 1. The summed E-state index contributed by atoms with van der Waals surface area (Å²) in [6.07, 6.45) is 3.46. The van der Waals surface area contributed by atoms with E-state index in [1.807, 2.05) is 25.3 Å². The molecule has 1 aliphatic heterocycles. The van der Waals surface area contributed by atoms with Gasteiger partial charge in [0.25, 0.3) is 0 Å². The summed E-state index contributed by atoms with van der Waals surface area (Å²) in [5, 5.41) is 0. The van der Waals surface area contributed by atoms with Crippen LogP contribution in [-0.4, -0.2) is 45.1 Å². The molecule has 7 heteroatoms. The lowest BCUT2D eigenvalue weighted by molar-refractivity contribution is -0.118. The molecule has 2 N–H and O–H groups in total. The molecule has 0 bridgehead atoms. The smallest absolute Gasteiger partial charge is 0.410 e. The number of carbonyl (C=O) groups excluding carboxylic acids is 2. The molecule has 1 fully saturated rings. The molecule has 2 rings (SSSR count). The molecule has 1 aromatic heterocycles. The maximum atomic E-state index is 11.9. The Morgan fingerprint density at radius 2 is 2.10 bits per heavy atom. The number of carbonyl (C=O) groups is 2. The van der Waals surface area contributed by atoms with Gasteiger partial charge in [-0.1, -0.05) is 0 Å². The molecule has 116 valence electrons. The molecular formula is C14H22N4O3. The minimum atomic E-state index is -0.481. The zero-order valence-corrected chi connectivity index (χ0v) is 12.7. The number of likely N-dealkylation sites (tertiary alicyclic amines) is 1. The summed E-state index contributed by atoms with van der Waals surface area (Å²) >= 11 is 0. The fraction of sp³-hybridized carbons (Fsp3) is 0.643. The first-order valence-electron chi connectivity index (χ1n) is 7.02. The van der Waals surface area contributed by atoms with Crippen LogP contribution in [0.5, 0.6) is 0 Å². The molecule has 1 aliphatic rings. The zero-order valence-electron chi connectivity index (χ0n) is 12.7. The Morgan fingerprint density at radius 1 is 1.43 bits per heavy atom.